The largest absolute Gasteiger partial charge is 0.337 e. The van der Waals surface area contributed by atoms with Crippen LogP contribution in [0, 0.1) is 0 Å². The van der Waals surface area contributed by atoms with Gasteiger partial charge in [-0.05, 0) is 31.5 Å². The number of amides is 1. The summed E-state index contributed by atoms with van der Waals surface area (Å²) in [5.74, 6) is -0.128. The van der Waals surface area contributed by atoms with Gasteiger partial charge in [-0.25, -0.2) is 0 Å². The van der Waals surface area contributed by atoms with Crippen LogP contribution >= 0.6 is 0 Å². The van der Waals surface area contributed by atoms with E-state index in [0.29, 0.717) is 11.1 Å². The average molecular weight is 269 g/mol. The van der Waals surface area contributed by atoms with Gasteiger partial charge in [-0.1, -0.05) is 36.4 Å². The van der Waals surface area contributed by atoms with Crippen LogP contribution in [0.4, 0.5) is 0 Å². The first-order valence-corrected chi connectivity index (χ1v) is 6.61. The van der Waals surface area contributed by atoms with Crippen molar-refractivity contribution in [2.45, 2.75) is 26.3 Å². The quantitative estimate of drug-likeness (QED) is 0.782. The fourth-order valence-electron chi connectivity index (χ4n) is 2.10. The van der Waals surface area contributed by atoms with Gasteiger partial charge in [0.15, 0.2) is 6.29 Å². The normalized spacial score (nSPS) is 11.4. The Balaban J connectivity index is 2.68. The summed E-state index contributed by atoms with van der Waals surface area (Å²) in [7, 11) is 1.76. The van der Waals surface area contributed by atoms with Gasteiger partial charge in [-0.2, -0.15) is 0 Å². The lowest BCUT2D eigenvalue weighted by molar-refractivity contribution is 0.0655. The maximum Gasteiger partial charge on any atom is 0.255 e. The molecule has 0 aliphatic carbocycles. The van der Waals surface area contributed by atoms with Crippen molar-refractivity contribution in [3.8, 4) is 0 Å². The number of carbonyl (C=O) groups excluding carboxylic acids is 2. The van der Waals surface area contributed by atoms with E-state index in [4.69, 9.17) is 0 Å². The molecule has 20 heavy (non-hydrogen) atoms. The highest BCUT2D eigenvalue weighted by Gasteiger charge is 2.26. The Bertz CT molecular complexity index is 668. The van der Waals surface area contributed by atoms with Gasteiger partial charge in [0.1, 0.15) is 0 Å². The third-order valence-corrected chi connectivity index (χ3v) is 3.61. The second-order valence-electron chi connectivity index (χ2n) is 5.90. The summed E-state index contributed by atoms with van der Waals surface area (Å²) >= 11 is 0. The molecule has 0 radical (unpaired) electrons. The molecule has 0 fully saturated rings. The van der Waals surface area contributed by atoms with E-state index in [9.17, 15) is 9.59 Å². The van der Waals surface area contributed by atoms with Crippen LogP contribution in [0.1, 0.15) is 41.5 Å². The standard InChI is InChI=1S/C17H19NO2/c1-17(2,3)18(4)16(20)15-13(11-19)10-9-12-7-5-6-8-14(12)15/h5-11H,1-4H3. The van der Waals surface area contributed by atoms with Gasteiger partial charge in [-0.15, -0.1) is 0 Å². The third-order valence-electron chi connectivity index (χ3n) is 3.61. The van der Waals surface area contributed by atoms with Crippen molar-refractivity contribution < 1.29 is 9.59 Å². The summed E-state index contributed by atoms with van der Waals surface area (Å²) in [4.78, 5) is 25.7. The Morgan fingerprint density at radius 1 is 1.10 bits per heavy atom. The number of fused-ring (bicyclic) bond motifs is 1. The number of aldehydes is 1. The zero-order valence-corrected chi connectivity index (χ0v) is 12.3. The molecule has 2 aromatic carbocycles. The van der Waals surface area contributed by atoms with E-state index in [1.807, 2.05) is 51.1 Å². The maximum atomic E-state index is 12.8. The van der Waals surface area contributed by atoms with E-state index in [1.165, 1.54) is 0 Å². The summed E-state index contributed by atoms with van der Waals surface area (Å²) in [6.45, 7) is 5.91. The SMILES string of the molecule is CN(C(=O)c1c(C=O)ccc2ccccc12)C(C)(C)C. The van der Waals surface area contributed by atoms with E-state index in [2.05, 4.69) is 0 Å². The molecule has 0 atom stereocenters. The Morgan fingerprint density at radius 2 is 1.75 bits per heavy atom. The molecular weight excluding hydrogens is 250 g/mol. The van der Waals surface area contributed by atoms with Crippen LogP contribution in [0.5, 0.6) is 0 Å². The summed E-state index contributed by atoms with van der Waals surface area (Å²) in [6, 6.07) is 11.2. The number of rotatable bonds is 2. The molecule has 3 nitrogen and oxygen atoms in total. The fraction of sp³-hybridized carbons (Fsp3) is 0.294. The van der Waals surface area contributed by atoms with Crippen molar-refractivity contribution in [2.75, 3.05) is 7.05 Å². The van der Waals surface area contributed by atoms with Crippen molar-refractivity contribution >= 4 is 23.0 Å². The second kappa shape index (κ2) is 5.08. The molecule has 0 N–H and O–H groups in total. The van der Waals surface area contributed by atoms with Gasteiger partial charge < -0.3 is 4.90 Å². The Morgan fingerprint density at radius 3 is 2.35 bits per heavy atom. The molecule has 0 saturated carbocycles. The molecule has 0 unspecified atom stereocenters. The third kappa shape index (κ3) is 2.44. The molecular formula is C17H19NO2. The number of hydrogen-bond acceptors (Lipinski definition) is 2. The van der Waals surface area contributed by atoms with Crippen LogP contribution in [-0.2, 0) is 0 Å². The van der Waals surface area contributed by atoms with Crippen LogP contribution in [0.3, 0.4) is 0 Å². The minimum absolute atomic E-state index is 0.128. The predicted octanol–water partition coefficient (Wildman–Crippen LogP) is 3.52. The van der Waals surface area contributed by atoms with Crippen LogP contribution < -0.4 is 0 Å². The molecule has 2 aromatic rings. The molecule has 104 valence electrons. The van der Waals surface area contributed by atoms with Gasteiger partial charge in [0.25, 0.3) is 5.91 Å². The van der Waals surface area contributed by atoms with E-state index in [-0.39, 0.29) is 11.4 Å². The number of nitrogens with zero attached hydrogens (tertiary/aromatic N) is 1. The Hall–Kier alpha value is -2.16. The lowest BCUT2D eigenvalue weighted by atomic mass is 9.96. The maximum absolute atomic E-state index is 12.8. The van der Waals surface area contributed by atoms with Crippen molar-refractivity contribution in [2.24, 2.45) is 0 Å². The average Bonchev–Trinajstić information content (AvgIpc) is 2.43. The zero-order valence-electron chi connectivity index (χ0n) is 12.3. The summed E-state index contributed by atoms with van der Waals surface area (Å²) in [5, 5.41) is 1.78. The number of hydrogen-bond donors (Lipinski definition) is 0. The molecule has 1 amide bonds. The lowest BCUT2D eigenvalue weighted by Crippen LogP contribution is -2.42. The summed E-state index contributed by atoms with van der Waals surface area (Å²) in [5.41, 5.74) is 0.620. The predicted molar refractivity (Wildman–Crippen MR) is 81.2 cm³/mol. The van der Waals surface area contributed by atoms with E-state index in [0.717, 1.165) is 17.1 Å². The Labute approximate surface area is 119 Å². The second-order valence-corrected chi connectivity index (χ2v) is 5.90. The van der Waals surface area contributed by atoms with Crippen molar-refractivity contribution in [1.82, 2.24) is 4.90 Å². The van der Waals surface area contributed by atoms with Crippen LogP contribution in [-0.4, -0.2) is 29.7 Å². The highest BCUT2D eigenvalue weighted by atomic mass is 16.2. The smallest absolute Gasteiger partial charge is 0.255 e. The number of carbonyl (C=O) groups is 2. The van der Waals surface area contributed by atoms with Crippen LogP contribution in [0.15, 0.2) is 36.4 Å². The topological polar surface area (TPSA) is 37.4 Å². The molecule has 0 aromatic heterocycles. The summed E-state index contributed by atoms with van der Waals surface area (Å²) < 4.78 is 0. The van der Waals surface area contributed by atoms with Crippen molar-refractivity contribution in [1.29, 1.82) is 0 Å². The van der Waals surface area contributed by atoms with Gasteiger partial charge in [-0.3, -0.25) is 9.59 Å². The first kappa shape index (κ1) is 14.3. The van der Waals surface area contributed by atoms with Crippen LogP contribution in [0.2, 0.25) is 0 Å². The van der Waals surface area contributed by atoms with Crippen LogP contribution in [0.25, 0.3) is 10.8 Å². The molecule has 3 heteroatoms. The number of benzene rings is 2. The van der Waals surface area contributed by atoms with Crippen molar-refractivity contribution in [3.05, 3.63) is 47.5 Å². The lowest BCUT2D eigenvalue weighted by Gasteiger charge is -2.32. The molecule has 2 rings (SSSR count). The first-order valence-electron chi connectivity index (χ1n) is 6.61. The molecule has 0 saturated heterocycles. The Kier molecular flexibility index (Phi) is 3.62. The highest BCUT2D eigenvalue weighted by molar-refractivity contribution is 6.12. The molecule has 0 heterocycles. The summed E-state index contributed by atoms with van der Waals surface area (Å²) in [6.07, 6.45) is 0.746. The molecule has 0 spiro atoms. The molecule has 0 aliphatic heterocycles. The van der Waals surface area contributed by atoms with E-state index in [1.54, 1.807) is 18.0 Å². The van der Waals surface area contributed by atoms with E-state index >= 15 is 0 Å². The van der Waals surface area contributed by atoms with Gasteiger partial charge >= 0.3 is 0 Å². The fourth-order valence-corrected chi connectivity index (χ4v) is 2.10. The zero-order chi connectivity index (χ0) is 14.9. The van der Waals surface area contributed by atoms with Gasteiger partial charge in [0.05, 0.1) is 5.56 Å². The molecule has 0 aliphatic rings. The highest BCUT2D eigenvalue weighted by Crippen LogP contribution is 2.25. The van der Waals surface area contributed by atoms with Crippen molar-refractivity contribution in [3.63, 3.8) is 0 Å². The molecule has 0 bridgehead atoms. The minimum Gasteiger partial charge on any atom is -0.337 e. The van der Waals surface area contributed by atoms with Gasteiger partial charge in [0, 0.05) is 18.2 Å². The minimum atomic E-state index is -0.297. The van der Waals surface area contributed by atoms with Gasteiger partial charge in [0.2, 0.25) is 0 Å². The first-order chi connectivity index (χ1) is 9.36. The monoisotopic (exact) mass is 269 g/mol. The van der Waals surface area contributed by atoms with E-state index < -0.39 is 0 Å².